The summed E-state index contributed by atoms with van der Waals surface area (Å²) >= 11 is 0. The van der Waals surface area contributed by atoms with Gasteiger partial charge in [-0.2, -0.15) is 0 Å². The van der Waals surface area contributed by atoms with Crippen LogP contribution >= 0.6 is 0 Å². The standard InChI is InChI=1S/C9H15NO/c1-4-8-7(3)6-10-9(8)11-5-2/h6,10H,4-5H2,1-3H3. The van der Waals surface area contributed by atoms with Crippen LogP contribution in [0.4, 0.5) is 0 Å². The summed E-state index contributed by atoms with van der Waals surface area (Å²) in [5, 5.41) is 0. The van der Waals surface area contributed by atoms with Gasteiger partial charge in [0.2, 0.25) is 0 Å². The third-order valence-corrected chi connectivity index (χ3v) is 1.81. The van der Waals surface area contributed by atoms with Crippen LogP contribution in [-0.2, 0) is 6.42 Å². The molecule has 0 radical (unpaired) electrons. The van der Waals surface area contributed by atoms with Crippen molar-refractivity contribution >= 4 is 0 Å². The van der Waals surface area contributed by atoms with Gasteiger partial charge in [0.05, 0.1) is 6.61 Å². The van der Waals surface area contributed by atoms with E-state index in [1.54, 1.807) is 0 Å². The second-order valence-electron chi connectivity index (χ2n) is 2.57. The van der Waals surface area contributed by atoms with Gasteiger partial charge in [0.15, 0.2) is 5.88 Å². The monoisotopic (exact) mass is 153 g/mol. The SMILES string of the molecule is CCOc1[nH]cc(C)c1CC. The Morgan fingerprint density at radius 2 is 2.18 bits per heavy atom. The summed E-state index contributed by atoms with van der Waals surface area (Å²) in [6, 6.07) is 0. The first-order chi connectivity index (χ1) is 5.29. The Hall–Kier alpha value is -0.920. The van der Waals surface area contributed by atoms with Gasteiger partial charge in [-0.15, -0.1) is 0 Å². The topological polar surface area (TPSA) is 25.0 Å². The maximum atomic E-state index is 5.39. The molecule has 1 heterocycles. The van der Waals surface area contributed by atoms with Crippen LogP contribution in [0, 0.1) is 6.92 Å². The first-order valence-corrected chi connectivity index (χ1v) is 4.09. The van der Waals surface area contributed by atoms with Crippen LogP contribution in [0.3, 0.4) is 0 Å². The van der Waals surface area contributed by atoms with Gasteiger partial charge in [-0.25, -0.2) is 0 Å². The average Bonchev–Trinajstić information content (AvgIpc) is 2.33. The van der Waals surface area contributed by atoms with Gasteiger partial charge < -0.3 is 9.72 Å². The molecule has 1 aromatic rings. The molecule has 0 atom stereocenters. The molecular formula is C9H15NO. The summed E-state index contributed by atoms with van der Waals surface area (Å²) < 4.78 is 5.39. The number of nitrogens with one attached hydrogen (secondary N) is 1. The number of aromatic nitrogens is 1. The van der Waals surface area contributed by atoms with Crippen molar-refractivity contribution in [3.8, 4) is 5.88 Å². The third-order valence-electron chi connectivity index (χ3n) is 1.81. The van der Waals surface area contributed by atoms with E-state index < -0.39 is 0 Å². The van der Waals surface area contributed by atoms with Gasteiger partial charge in [0, 0.05) is 11.8 Å². The lowest BCUT2D eigenvalue weighted by Gasteiger charge is -2.02. The summed E-state index contributed by atoms with van der Waals surface area (Å²) in [6.45, 7) is 6.96. The Kier molecular flexibility index (Phi) is 2.58. The number of rotatable bonds is 3. The van der Waals surface area contributed by atoms with Crippen molar-refractivity contribution in [1.82, 2.24) is 4.98 Å². The van der Waals surface area contributed by atoms with E-state index in [1.807, 2.05) is 13.1 Å². The number of hydrogen-bond donors (Lipinski definition) is 1. The van der Waals surface area contributed by atoms with Gasteiger partial charge in [-0.1, -0.05) is 6.92 Å². The highest BCUT2D eigenvalue weighted by atomic mass is 16.5. The molecule has 0 fully saturated rings. The zero-order valence-corrected chi connectivity index (χ0v) is 7.40. The summed E-state index contributed by atoms with van der Waals surface area (Å²) in [6.07, 6.45) is 3.02. The van der Waals surface area contributed by atoms with Crippen LogP contribution in [-0.4, -0.2) is 11.6 Å². The van der Waals surface area contributed by atoms with Crippen molar-refractivity contribution in [2.45, 2.75) is 27.2 Å². The predicted octanol–water partition coefficient (Wildman–Crippen LogP) is 2.28. The summed E-state index contributed by atoms with van der Waals surface area (Å²) in [4.78, 5) is 3.10. The highest BCUT2D eigenvalue weighted by Crippen LogP contribution is 2.20. The number of hydrogen-bond acceptors (Lipinski definition) is 1. The van der Waals surface area contributed by atoms with Crippen molar-refractivity contribution in [2.24, 2.45) is 0 Å². The molecule has 1 aromatic heterocycles. The molecule has 11 heavy (non-hydrogen) atoms. The summed E-state index contributed by atoms with van der Waals surface area (Å²) in [5.41, 5.74) is 2.59. The Morgan fingerprint density at radius 1 is 1.45 bits per heavy atom. The molecule has 0 unspecified atom stereocenters. The molecule has 1 N–H and O–H groups in total. The lowest BCUT2D eigenvalue weighted by Crippen LogP contribution is -1.94. The minimum Gasteiger partial charge on any atom is -0.479 e. The normalized spacial score (nSPS) is 10.1. The van der Waals surface area contributed by atoms with Crippen LogP contribution in [0.5, 0.6) is 5.88 Å². The van der Waals surface area contributed by atoms with Gasteiger partial charge in [0.1, 0.15) is 0 Å². The highest BCUT2D eigenvalue weighted by molar-refractivity contribution is 5.34. The maximum absolute atomic E-state index is 5.39. The van der Waals surface area contributed by atoms with Crippen LogP contribution < -0.4 is 4.74 Å². The molecule has 0 aromatic carbocycles. The van der Waals surface area contributed by atoms with Gasteiger partial charge in [-0.05, 0) is 25.8 Å². The van der Waals surface area contributed by atoms with Crippen molar-refractivity contribution < 1.29 is 4.74 Å². The van der Waals surface area contributed by atoms with E-state index in [-0.39, 0.29) is 0 Å². The Morgan fingerprint density at radius 3 is 2.73 bits per heavy atom. The van der Waals surface area contributed by atoms with Crippen LogP contribution in [0.15, 0.2) is 6.20 Å². The zero-order chi connectivity index (χ0) is 8.27. The number of H-pyrrole nitrogens is 1. The maximum Gasteiger partial charge on any atom is 0.194 e. The van der Waals surface area contributed by atoms with E-state index in [2.05, 4.69) is 18.8 Å². The molecule has 2 nitrogen and oxygen atoms in total. The Labute approximate surface area is 67.6 Å². The minimum absolute atomic E-state index is 0.729. The quantitative estimate of drug-likeness (QED) is 0.708. The number of ether oxygens (including phenoxy) is 1. The van der Waals surface area contributed by atoms with E-state index in [0.29, 0.717) is 0 Å². The molecule has 62 valence electrons. The number of aromatic amines is 1. The summed E-state index contributed by atoms with van der Waals surface area (Å²) in [5.74, 6) is 0.938. The molecule has 0 saturated carbocycles. The molecule has 0 saturated heterocycles. The molecule has 1 rings (SSSR count). The van der Waals surface area contributed by atoms with E-state index in [9.17, 15) is 0 Å². The third kappa shape index (κ3) is 1.56. The van der Waals surface area contributed by atoms with Crippen molar-refractivity contribution in [1.29, 1.82) is 0 Å². The highest BCUT2D eigenvalue weighted by Gasteiger charge is 2.05. The minimum atomic E-state index is 0.729. The van der Waals surface area contributed by atoms with Gasteiger partial charge in [-0.3, -0.25) is 0 Å². The number of aryl methyl sites for hydroxylation is 1. The van der Waals surface area contributed by atoms with Gasteiger partial charge in [0.25, 0.3) is 0 Å². The zero-order valence-electron chi connectivity index (χ0n) is 7.40. The fourth-order valence-electron chi connectivity index (χ4n) is 1.24. The lowest BCUT2D eigenvalue weighted by molar-refractivity contribution is 0.325. The Balaban J connectivity index is 2.86. The Bertz CT molecular complexity index is 227. The molecule has 0 spiro atoms. The fraction of sp³-hybridized carbons (Fsp3) is 0.556. The van der Waals surface area contributed by atoms with Crippen LogP contribution in [0.1, 0.15) is 25.0 Å². The fourth-order valence-corrected chi connectivity index (χ4v) is 1.24. The van der Waals surface area contributed by atoms with Crippen LogP contribution in [0.25, 0.3) is 0 Å². The van der Waals surface area contributed by atoms with E-state index in [1.165, 1.54) is 11.1 Å². The largest absolute Gasteiger partial charge is 0.479 e. The molecule has 0 aliphatic carbocycles. The molecule has 0 bridgehead atoms. The van der Waals surface area contributed by atoms with E-state index in [4.69, 9.17) is 4.74 Å². The second-order valence-corrected chi connectivity index (χ2v) is 2.57. The van der Waals surface area contributed by atoms with Crippen molar-refractivity contribution in [2.75, 3.05) is 6.61 Å². The molecule has 0 amide bonds. The van der Waals surface area contributed by atoms with Crippen molar-refractivity contribution in [3.05, 3.63) is 17.3 Å². The van der Waals surface area contributed by atoms with Gasteiger partial charge >= 0.3 is 0 Å². The predicted molar refractivity (Wildman–Crippen MR) is 46.1 cm³/mol. The van der Waals surface area contributed by atoms with E-state index >= 15 is 0 Å². The molecule has 2 heteroatoms. The molecular weight excluding hydrogens is 138 g/mol. The lowest BCUT2D eigenvalue weighted by atomic mass is 10.2. The molecule has 0 aliphatic heterocycles. The smallest absolute Gasteiger partial charge is 0.194 e. The second kappa shape index (κ2) is 3.46. The average molecular weight is 153 g/mol. The van der Waals surface area contributed by atoms with Crippen LogP contribution in [0.2, 0.25) is 0 Å². The van der Waals surface area contributed by atoms with E-state index in [0.717, 1.165) is 18.9 Å². The van der Waals surface area contributed by atoms with Crippen molar-refractivity contribution in [3.63, 3.8) is 0 Å². The first-order valence-electron chi connectivity index (χ1n) is 4.09. The summed E-state index contributed by atoms with van der Waals surface area (Å²) in [7, 11) is 0. The first kappa shape index (κ1) is 8.18. The molecule has 0 aliphatic rings.